The number of ether oxygens (including phenoxy) is 2. The first-order chi connectivity index (χ1) is 12.1. The normalized spacial score (nSPS) is 10.5. The third-order valence-corrected chi connectivity index (χ3v) is 3.64. The maximum absolute atomic E-state index is 12.3. The van der Waals surface area contributed by atoms with Gasteiger partial charge in [0.15, 0.2) is 11.5 Å². The summed E-state index contributed by atoms with van der Waals surface area (Å²) < 4.78 is 16.1. The Balaban J connectivity index is 2.11. The second-order valence-electron chi connectivity index (χ2n) is 5.23. The molecular weight excluding hydrogens is 320 g/mol. The van der Waals surface area contributed by atoms with Gasteiger partial charge in [0.2, 0.25) is 5.89 Å². The van der Waals surface area contributed by atoms with Gasteiger partial charge in [-0.2, -0.15) is 0 Å². The number of carbonyl (C=O) groups excluding carboxylic acids is 1. The van der Waals surface area contributed by atoms with E-state index in [0.717, 1.165) is 0 Å². The summed E-state index contributed by atoms with van der Waals surface area (Å²) in [4.78, 5) is 16.6. The lowest BCUT2D eigenvalue weighted by Crippen LogP contribution is -2.07. The van der Waals surface area contributed by atoms with E-state index >= 15 is 0 Å². The van der Waals surface area contributed by atoms with Crippen LogP contribution >= 0.6 is 0 Å². The van der Waals surface area contributed by atoms with Gasteiger partial charge >= 0.3 is 5.97 Å². The van der Waals surface area contributed by atoms with Crippen LogP contribution in [0, 0.1) is 0 Å². The Labute approximate surface area is 145 Å². The number of methoxy groups -OCH3 is 1. The molecule has 2 aromatic carbocycles. The molecule has 0 aliphatic heterocycles. The maximum atomic E-state index is 12.3. The van der Waals surface area contributed by atoms with E-state index in [1.54, 1.807) is 50.4 Å². The molecule has 0 aliphatic rings. The second kappa shape index (κ2) is 7.09. The number of para-hydroxylation sites is 1. The zero-order chi connectivity index (χ0) is 17.8. The number of oxazole rings is 1. The average molecular weight is 338 g/mol. The zero-order valence-electron chi connectivity index (χ0n) is 14.0. The number of nitrogens with zero attached hydrogens (tertiary/aromatic N) is 1. The lowest BCUT2D eigenvalue weighted by Gasteiger charge is -2.04. The number of nitrogen functional groups attached to an aromatic ring is 1. The molecule has 0 saturated carbocycles. The molecule has 128 valence electrons. The third-order valence-electron chi connectivity index (χ3n) is 3.64. The van der Waals surface area contributed by atoms with E-state index in [0.29, 0.717) is 34.2 Å². The van der Waals surface area contributed by atoms with E-state index in [1.165, 1.54) is 0 Å². The van der Waals surface area contributed by atoms with E-state index in [9.17, 15) is 4.79 Å². The number of anilines is 1. The molecule has 1 heterocycles. The highest BCUT2D eigenvalue weighted by Crippen LogP contribution is 2.33. The molecular formula is C19H18N2O4. The van der Waals surface area contributed by atoms with Crippen molar-refractivity contribution in [3.8, 4) is 28.5 Å². The van der Waals surface area contributed by atoms with Gasteiger partial charge in [-0.3, -0.25) is 0 Å². The summed E-state index contributed by atoms with van der Waals surface area (Å²) in [7, 11) is 1.59. The molecule has 25 heavy (non-hydrogen) atoms. The number of nitrogens with two attached hydrogens (primary N) is 1. The third kappa shape index (κ3) is 3.33. The number of carbonyl (C=O) groups is 1. The van der Waals surface area contributed by atoms with Crippen LogP contribution in [0.4, 0.5) is 5.69 Å². The highest BCUT2D eigenvalue weighted by molar-refractivity contribution is 5.96. The van der Waals surface area contributed by atoms with Crippen molar-refractivity contribution in [1.82, 2.24) is 4.98 Å². The minimum atomic E-state index is -0.552. The molecule has 6 heteroatoms. The van der Waals surface area contributed by atoms with Gasteiger partial charge in [-0.15, -0.1) is 0 Å². The van der Waals surface area contributed by atoms with Gasteiger partial charge in [0.05, 0.1) is 13.7 Å². The Morgan fingerprint density at radius 3 is 2.52 bits per heavy atom. The van der Waals surface area contributed by atoms with Gasteiger partial charge in [0.1, 0.15) is 5.75 Å². The minimum Gasteiger partial charge on any atom is -0.497 e. The molecule has 0 amide bonds. The van der Waals surface area contributed by atoms with Gasteiger partial charge < -0.3 is 19.6 Å². The Bertz CT molecular complexity index is 885. The van der Waals surface area contributed by atoms with Crippen LogP contribution < -0.4 is 10.5 Å². The monoisotopic (exact) mass is 338 g/mol. The van der Waals surface area contributed by atoms with Crippen molar-refractivity contribution >= 4 is 11.7 Å². The summed E-state index contributed by atoms with van der Waals surface area (Å²) in [5.74, 6) is 0.768. The maximum Gasteiger partial charge on any atom is 0.361 e. The summed E-state index contributed by atoms with van der Waals surface area (Å²) in [5.41, 5.74) is 7.93. The largest absolute Gasteiger partial charge is 0.497 e. The van der Waals surface area contributed by atoms with Crippen molar-refractivity contribution in [2.24, 2.45) is 0 Å². The second-order valence-corrected chi connectivity index (χ2v) is 5.23. The molecule has 2 N–H and O–H groups in total. The Hall–Kier alpha value is -3.28. The number of esters is 1. The average Bonchev–Trinajstić information content (AvgIpc) is 3.07. The summed E-state index contributed by atoms with van der Waals surface area (Å²) in [6.45, 7) is 1.98. The molecule has 3 rings (SSSR count). The van der Waals surface area contributed by atoms with Gasteiger partial charge in [0, 0.05) is 16.8 Å². The summed E-state index contributed by atoms with van der Waals surface area (Å²) >= 11 is 0. The Kier molecular flexibility index (Phi) is 4.70. The molecule has 0 unspecified atom stereocenters. The summed E-state index contributed by atoms with van der Waals surface area (Å²) in [6.07, 6.45) is 0. The van der Waals surface area contributed by atoms with E-state index < -0.39 is 5.97 Å². The first-order valence-corrected chi connectivity index (χ1v) is 7.81. The highest BCUT2D eigenvalue weighted by Gasteiger charge is 2.24. The predicted molar refractivity (Wildman–Crippen MR) is 94.3 cm³/mol. The molecule has 6 nitrogen and oxygen atoms in total. The molecule has 1 aromatic heterocycles. The first kappa shape index (κ1) is 16.6. The van der Waals surface area contributed by atoms with Gasteiger partial charge in [-0.25, -0.2) is 9.78 Å². The number of hydrogen-bond donors (Lipinski definition) is 1. The van der Waals surface area contributed by atoms with Gasteiger partial charge in [0.25, 0.3) is 0 Å². The Morgan fingerprint density at radius 1 is 1.16 bits per heavy atom. The smallest absolute Gasteiger partial charge is 0.361 e. The van der Waals surface area contributed by atoms with Crippen LogP contribution in [0.2, 0.25) is 0 Å². The van der Waals surface area contributed by atoms with E-state index in [-0.39, 0.29) is 12.3 Å². The van der Waals surface area contributed by atoms with Crippen LogP contribution in [-0.4, -0.2) is 24.7 Å². The van der Waals surface area contributed by atoms with Crippen molar-refractivity contribution in [3.05, 3.63) is 54.2 Å². The summed E-state index contributed by atoms with van der Waals surface area (Å²) in [5, 5.41) is 0. The lowest BCUT2D eigenvalue weighted by atomic mass is 10.1. The van der Waals surface area contributed by atoms with E-state index in [2.05, 4.69) is 4.98 Å². The molecule has 0 saturated heterocycles. The molecule has 0 atom stereocenters. The van der Waals surface area contributed by atoms with Gasteiger partial charge in [-0.05, 0) is 43.3 Å². The fourth-order valence-corrected chi connectivity index (χ4v) is 2.40. The van der Waals surface area contributed by atoms with E-state index in [4.69, 9.17) is 19.6 Å². The van der Waals surface area contributed by atoms with Crippen LogP contribution in [0.25, 0.3) is 22.8 Å². The molecule has 0 radical (unpaired) electrons. The van der Waals surface area contributed by atoms with Crippen molar-refractivity contribution in [1.29, 1.82) is 0 Å². The molecule has 0 fully saturated rings. The zero-order valence-corrected chi connectivity index (χ0v) is 14.0. The van der Waals surface area contributed by atoms with Crippen molar-refractivity contribution in [2.75, 3.05) is 19.5 Å². The molecule has 0 spiro atoms. The van der Waals surface area contributed by atoms with Gasteiger partial charge in [-0.1, -0.05) is 12.1 Å². The van der Waals surface area contributed by atoms with Crippen LogP contribution in [0.15, 0.2) is 52.9 Å². The Morgan fingerprint density at radius 2 is 1.88 bits per heavy atom. The summed E-state index contributed by atoms with van der Waals surface area (Å²) in [6, 6.07) is 14.3. The van der Waals surface area contributed by atoms with Crippen molar-refractivity contribution < 1.29 is 18.7 Å². The van der Waals surface area contributed by atoms with Crippen molar-refractivity contribution in [2.45, 2.75) is 6.92 Å². The van der Waals surface area contributed by atoms with Crippen LogP contribution in [0.3, 0.4) is 0 Å². The first-order valence-electron chi connectivity index (χ1n) is 7.81. The fraction of sp³-hybridized carbons (Fsp3) is 0.158. The van der Waals surface area contributed by atoms with Crippen LogP contribution in [0.1, 0.15) is 17.4 Å². The lowest BCUT2D eigenvalue weighted by molar-refractivity contribution is 0.0520. The van der Waals surface area contributed by atoms with Crippen molar-refractivity contribution in [3.63, 3.8) is 0 Å². The fourth-order valence-electron chi connectivity index (χ4n) is 2.40. The standard InChI is InChI=1S/C19H18N2O4/c1-3-24-19(22)16-17(14-6-4-5-7-15(14)20)25-18(21-16)12-8-10-13(23-2)11-9-12/h4-11H,3,20H2,1-2H3. The highest BCUT2D eigenvalue weighted by atomic mass is 16.5. The number of aromatic nitrogens is 1. The quantitative estimate of drug-likeness (QED) is 0.563. The molecule has 3 aromatic rings. The van der Waals surface area contributed by atoms with Crippen LogP contribution in [-0.2, 0) is 4.74 Å². The SMILES string of the molecule is CCOC(=O)c1nc(-c2ccc(OC)cc2)oc1-c1ccccc1N. The predicted octanol–water partition coefficient (Wildman–Crippen LogP) is 3.78. The molecule has 0 aliphatic carbocycles. The molecule has 0 bridgehead atoms. The van der Waals surface area contributed by atoms with Crippen LogP contribution in [0.5, 0.6) is 5.75 Å². The number of hydrogen-bond acceptors (Lipinski definition) is 6. The minimum absolute atomic E-state index is 0.102. The number of rotatable bonds is 5. The topological polar surface area (TPSA) is 87.6 Å². The number of benzene rings is 2. The van der Waals surface area contributed by atoms with E-state index in [1.807, 2.05) is 12.1 Å².